The Labute approximate surface area is 152 Å². The fraction of sp³-hybridized carbons (Fsp3) is 0.190. The molecule has 3 nitrogen and oxygen atoms in total. The Hall–Kier alpha value is -2.59. The van der Waals surface area contributed by atoms with Crippen molar-refractivity contribution < 1.29 is 9.67 Å². The van der Waals surface area contributed by atoms with Gasteiger partial charge in [0.25, 0.3) is 5.01 Å². The van der Waals surface area contributed by atoms with Crippen LogP contribution in [0.15, 0.2) is 54.6 Å². The molecular formula is C21H23N2OS+. The summed E-state index contributed by atoms with van der Waals surface area (Å²) in [5, 5.41) is 10.8. The van der Waals surface area contributed by atoms with E-state index in [1.165, 1.54) is 16.3 Å². The Bertz CT molecular complexity index is 921. The van der Waals surface area contributed by atoms with Gasteiger partial charge in [0, 0.05) is 38.0 Å². The first-order chi connectivity index (χ1) is 12.1. The number of hydrogen-bond acceptors (Lipinski definition) is 3. The van der Waals surface area contributed by atoms with Gasteiger partial charge in [0.1, 0.15) is 17.0 Å². The van der Waals surface area contributed by atoms with Gasteiger partial charge in [0.15, 0.2) is 0 Å². The molecule has 0 fully saturated rings. The van der Waals surface area contributed by atoms with Gasteiger partial charge in [-0.05, 0) is 30.7 Å². The van der Waals surface area contributed by atoms with E-state index in [1.807, 2.05) is 26.2 Å². The number of aryl methyl sites for hydroxylation is 1. The van der Waals surface area contributed by atoms with Gasteiger partial charge in [0.2, 0.25) is 5.52 Å². The molecule has 2 aromatic carbocycles. The fourth-order valence-corrected chi connectivity index (χ4v) is 3.90. The molecule has 3 rings (SSSR count). The van der Waals surface area contributed by atoms with Crippen LogP contribution in [0.1, 0.15) is 17.5 Å². The number of fused-ring (bicyclic) bond motifs is 1. The Morgan fingerprint density at radius 3 is 2.44 bits per heavy atom. The minimum Gasteiger partial charge on any atom is -0.508 e. The zero-order valence-electron chi connectivity index (χ0n) is 14.8. The number of phenols is 1. The number of allylic oxidation sites excluding steroid dienone is 2. The molecule has 0 aliphatic rings. The molecule has 0 atom stereocenters. The summed E-state index contributed by atoms with van der Waals surface area (Å²) in [6.07, 6.45) is 8.35. The zero-order valence-corrected chi connectivity index (χ0v) is 15.6. The number of rotatable bonds is 5. The van der Waals surface area contributed by atoms with Crippen LogP contribution in [0.3, 0.4) is 0 Å². The van der Waals surface area contributed by atoms with E-state index in [-0.39, 0.29) is 0 Å². The van der Waals surface area contributed by atoms with Gasteiger partial charge in [-0.15, -0.1) is 0 Å². The highest BCUT2D eigenvalue weighted by molar-refractivity contribution is 7.18. The first-order valence-electron chi connectivity index (χ1n) is 8.36. The lowest BCUT2D eigenvalue weighted by Gasteiger charge is -2.11. The third kappa shape index (κ3) is 3.91. The first-order valence-corrected chi connectivity index (χ1v) is 9.17. The molecule has 128 valence electrons. The largest absolute Gasteiger partial charge is 0.508 e. The average Bonchev–Trinajstić information content (AvgIpc) is 2.95. The fourth-order valence-electron chi connectivity index (χ4n) is 2.73. The van der Waals surface area contributed by atoms with Gasteiger partial charge in [0.05, 0.1) is 0 Å². The minimum atomic E-state index is 0.314. The van der Waals surface area contributed by atoms with Crippen LogP contribution in [-0.4, -0.2) is 19.2 Å². The lowest BCUT2D eigenvalue weighted by atomic mass is 10.2. The van der Waals surface area contributed by atoms with E-state index in [9.17, 15) is 5.11 Å². The van der Waals surface area contributed by atoms with Gasteiger partial charge in [-0.2, -0.15) is 4.57 Å². The van der Waals surface area contributed by atoms with Crippen molar-refractivity contribution in [2.75, 3.05) is 19.0 Å². The summed E-state index contributed by atoms with van der Waals surface area (Å²) in [4.78, 5) is 2.09. The van der Waals surface area contributed by atoms with Crippen LogP contribution in [0, 0.1) is 0 Å². The van der Waals surface area contributed by atoms with Crippen molar-refractivity contribution in [1.29, 1.82) is 0 Å². The predicted molar refractivity (Wildman–Crippen MR) is 108 cm³/mol. The van der Waals surface area contributed by atoms with Crippen LogP contribution >= 0.6 is 11.3 Å². The lowest BCUT2D eigenvalue weighted by molar-refractivity contribution is -0.665. The molecule has 0 radical (unpaired) electrons. The molecule has 0 saturated heterocycles. The second-order valence-corrected chi connectivity index (χ2v) is 7.10. The van der Waals surface area contributed by atoms with E-state index >= 15 is 0 Å². The summed E-state index contributed by atoms with van der Waals surface area (Å²) in [7, 11) is 4.09. The van der Waals surface area contributed by atoms with Crippen LogP contribution in [0.5, 0.6) is 5.75 Å². The van der Waals surface area contributed by atoms with E-state index < -0.39 is 0 Å². The molecular weight excluding hydrogens is 328 g/mol. The Morgan fingerprint density at radius 1 is 1.04 bits per heavy atom. The molecule has 1 aromatic heterocycles. The standard InChI is InChI=1S/C21H22N2OS/c1-4-23-19-14-13-18(24)15-20(19)25-21(23)8-6-5-7-16-9-11-17(12-10-16)22(2)3/h5-15H,4H2,1-3H3/p+1. The molecule has 0 unspecified atom stereocenters. The van der Waals surface area contributed by atoms with Gasteiger partial charge in [-0.25, -0.2) is 0 Å². The van der Waals surface area contributed by atoms with Crippen molar-refractivity contribution in [1.82, 2.24) is 0 Å². The molecule has 0 bridgehead atoms. The molecule has 1 heterocycles. The van der Waals surface area contributed by atoms with Crippen molar-refractivity contribution in [2.45, 2.75) is 13.5 Å². The molecule has 4 heteroatoms. The number of thiazole rings is 1. The number of phenolic OH excluding ortho intramolecular Hbond substituents is 1. The summed E-state index contributed by atoms with van der Waals surface area (Å²) < 4.78 is 3.36. The van der Waals surface area contributed by atoms with Crippen LogP contribution in [0.2, 0.25) is 0 Å². The topological polar surface area (TPSA) is 27.4 Å². The van der Waals surface area contributed by atoms with Crippen molar-refractivity contribution in [3.05, 3.63) is 65.2 Å². The van der Waals surface area contributed by atoms with E-state index in [2.05, 4.69) is 65.0 Å². The highest BCUT2D eigenvalue weighted by Gasteiger charge is 2.16. The van der Waals surface area contributed by atoms with Crippen LogP contribution < -0.4 is 9.47 Å². The summed E-state index contributed by atoms with van der Waals surface area (Å²) >= 11 is 1.69. The Morgan fingerprint density at radius 2 is 1.76 bits per heavy atom. The predicted octanol–water partition coefficient (Wildman–Crippen LogP) is 4.71. The van der Waals surface area contributed by atoms with E-state index in [0.717, 1.165) is 16.8 Å². The van der Waals surface area contributed by atoms with Crippen molar-refractivity contribution in [3.63, 3.8) is 0 Å². The molecule has 25 heavy (non-hydrogen) atoms. The van der Waals surface area contributed by atoms with E-state index in [1.54, 1.807) is 17.4 Å². The van der Waals surface area contributed by atoms with Crippen molar-refractivity contribution in [3.8, 4) is 5.75 Å². The van der Waals surface area contributed by atoms with Crippen LogP contribution in [-0.2, 0) is 6.54 Å². The Kier molecular flexibility index (Phi) is 5.19. The number of anilines is 1. The summed E-state index contributed by atoms with van der Waals surface area (Å²) in [6.45, 7) is 3.04. The number of hydrogen-bond donors (Lipinski definition) is 1. The second-order valence-electron chi connectivity index (χ2n) is 6.04. The normalized spacial score (nSPS) is 11.8. The molecule has 0 aliphatic heterocycles. The molecule has 0 saturated carbocycles. The smallest absolute Gasteiger partial charge is 0.262 e. The lowest BCUT2D eigenvalue weighted by Crippen LogP contribution is -2.33. The quantitative estimate of drug-likeness (QED) is 0.532. The monoisotopic (exact) mass is 351 g/mol. The summed E-state index contributed by atoms with van der Waals surface area (Å²) in [6, 6.07) is 14.0. The number of benzene rings is 2. The highest BCUT2D eigenvalue weighted by Crippen LogP contribution is 2.25. The van der Waals surface area contributed by atoms with Gasteiger partial charge in [-0.3, -0.25) is 0 Å². The highest BCUT2D eigenvalue weighted by atomic mass is 32.1. The summed E-state index contributed by atoms with van der Waals surface area (Å²) in [5.74, 6) is 0.314. The van der Waals surface area contributed by atoms with Crippen molar-refractivity contribution >= 4 is 39.4 Å². The maximum absolute atomic E-state index is 9.66. The van der Waals surface area contributed by atoms with Gasteiger partial charge < -0.3 is 10.0 Å². The van der Waals surface area contributed by atoms with Gasteiger partial charge in [-0.1, -0.05) is 41.7 Å². The Balaban J connectivity index is 1.78. The second kappa shape index (κ2) is 7.53. The third-order valence-electron chi connectivity index (χ3n) is 4.08. The molecule has 0 amide bonds. The van der Waals surface area contributed by atoms with E-state index in [0.29, 0.717) is 5.75 Å². The summed E-state index contributed by atoms with van der Waals surface area (Å²) in [5.41, 5.74) is 3.54. The van der Waals surface area contributed by atoms with Crippen LogP contribution in [0.4, 0.5) is 5.69 Å². The molecule has 3 aromatic rings. The van der Waals surface area contributed by atoms with E-state index in [4.69, 9.17) is 0 Å². The number of aromatic nitrogens is 1. The third-order valence-corrected chi connectivity index (χ3v) is 5.19. The van der Waals surface area contributed by atoms with Gasteiger partial charge >= 0.3 is 0 Å². The zero-order chi connectivity index (χ0) is 17.8. The minimum absolute atomic E-state index is 0.314. The maximum atomic E-state index is 9.66. The first kappa shape index (κ1) is 17.2. The number of aromatic hydroxyl groups is 1. The SMILES string of the molecule is CC[n+]1c(/C=C/C=C/c2ccc(N(C)C)cc2)sc2cc(O)ccc21. The van der Waals surface area contributed by atoms with Crippen LogP contribution in [0.25, 0.3) is 22.4 Å². The molecule has 1 N–H and O–H groups in total. The maximum Gasteiger partial charge on any atom is 0.262 e. The molecule has 0 spiro atoms. The number of nitrogens with zero attached hydrogens (tertiary/aromatic N) is 2. The average molecular weight is 351 g/mol. The molecule has 0 aliphatic carbocycles. The van der Waals surface area contributed by atoms with Crippen molar-refractivity contribution in [2.24, 2.45) is 0 Å².